The van der Waals surface area contributed by atoms with Gasteiger partial charge in [-0.1, -0.05) is 0 Å². The Hall–Kier alpha value is -1.95. The summed E-state index contributed by atoms with van der Waals surface area (Å²) >= 11 is 0. The topological polar surface area (TPSA) is 85.0 Å². The van der Waals surface area contributed by atoms with Gasteiger partial charge in [-0.3, -0.25) is 4.79 Å². The minimum atomic E-state index is -1.02. The number of carboxylic acids is 1. The third kappa shape index (κ3) is 2.42. The van der Waals surface area contributed by atoms with Gasteiger partial charge < -0.3 is 25.2 Å². The van der Waals surface area contributed by atoms with Gasteiger partial charge in [-0.05, 0) is 12.1 Å². The molecule has 0 amide bonds. The number of carboxylic acid groups (broad SMARTS) is 1. The Bertz CT molecular complexity index is 435. The van der Waals surface area contributed by atoms with Gasteiger partial charge in [-0.2, -0.15) is 0 Å². The summed E-state index contributed by atoms with van der Waals surface area (Å²) in [6, 6.07) is 4.52. The molecule has 1 aromatic carbocycles. The average Bonchev–Trinajstić information content (AvgIpc) is 2.75. The largest absolute Gasteiger partial charge is 0.480 e. The maximum Gasteiger partial charge on any atom is 0.322 e. The Morgan fingerprint density at radius 1 is 1.53 bits per heavy atom. The minimum Gasteiger partial charge on any atom is -0.480 e. The lowest BCUT2D eigenvalue weighted by molar-refractivity contribution is -0.138. The van der Waals surface area contributed by atoms with Gasteiger partial charge in [-0.15, -0.1) is 0 Å². The molecule has 1 unspecified atom stereocenters. The van der Waals surface area contributed by atoms with E-state index < -0.39 is 12.0 Å². The zero-order valence-electron chi connectivity index (χ0n) is 9.42. The summed E-state index contributed by atoms with van der Waals surface area (Å²) in [4.78, 5) is 12.4. The van der Waals surface area contributed by atoms with Crippen molar-refractivity contribution in [3.8, 4) is 11.5 Å². The van der Waals surface area contributed by atoms with Crippen molar-refractivity contribution in [2.45, 2.75) is 6.04 Å². The van der Waals surface area contributed by atoms with Gasteiger partial charge in [0.25, 0.3) is 0 Å². The summed E-state index contributed by atoms with van der Waals surface area (Å²) in [5.74, 6) is 0.348. The lowest BCUT2D eigenvalue weighted by Gasteiger charge is -2.21. The highest BCUT2D eigenvalue weighted by Gasteiger charge is 2.17. The van der Waals surface area contributed by atoms with E-state index in [-0.39, 0.29) is 13.3 Å². The van der Waals surface area contributed by atoms with E-state index in [1.165, 1.54) is 0 Å². The molecule has 0 saturated heterocycles. The number of nitrogens with two attached hydrogens (primary N) is 1. The minimum absolute atomic E-state index is 0.219. The summed E-state index contributed by atoms with van der Waals surface area (Å²) in [6.07, 6.45) is 0. The summed E-state index contributed by atoms with van der Waals surface area (Å²) in [5.41, 5.74) is 6.31. The zero-order chi connectivity index (χ0) is 12.4. The predicted octanol–water partition coefficient (Wildman–Crippen LogP) is 0.263. The molecule has 1 aromatic rings. The number of benzene rings is 1. The van der Waals surface area contributed by atoms with Crippen LogP contribution in [0.4, 0.5) is 5.69 Å². The Morgan fingerprint density at radius 3 is 2.94 bits per heavy atom. The van der Waals surface area contributed by atoms with E-state index in [2.05, 4.69) is 0 Å². The first kappa shape index (κ1) is 11.5. The maximum absolute atomic E-state index is 10.7. The van der Waals surface area contributed by atoms with Crippen LogP contribution in [0.1, 0.15) is 0 Å². The van der Waals surface area contributed by atoms with Gasteiger partial charge in [0.15, 0.2) is 11.5 Å². The van der Waals surface area contributed by atoms with E-state index >= 15 is 0 Å². The molecule has 17 heavy (non-hydrogen) atoms. The van der Waals surface area contributed by atoms with Crippen LogP contribution < -0.4 is 20.1 Å². The number of fused-ring (bicyclic) bond motifs is 1. The Labute approximate surface area is 98.5 Å². The molecule has 1 heterocycles. The van der Waals surface area contributed by atoms with Crippen molar-refractivity contribution in [3.63, 3.8) is 0 Å². The normalized spacial score (nSPS) is 14.5. The molecule has 92 valence electrons. The van der Waals surface area contributed by atoms with Crippen molar-refractivity contribution in [2.24, 2.45) is 5.73 Å². The number of anilines is 1. The number of carbonyl (C=O) groups is 1. The average molecular weight is 238 g/mol. The first-order valence-electron chi connectivity index (χ1n) is 5.17. The number of rotatable bonds is 4. The molecular formula is C11H14N2O4. The number of aliphatic carboxylic acids is 1. The molecule has 2 rings (SSSR count). The van der Waals surface area contributed by atoms with E-state index in [1.54, 1.807) is 24.1 Å². The Kier molecular flexibility index (Phi) is 3.06. The van der Waals surface area contributed by atoms with Crippen LogP contribution in [-0.4, -0.2) is 37.5 Å². The quantitative estimate of drug-likeness (QED) is 0.782. The van der Waals surface area contributed by atoms with E-state index in [0.29, 0.717) is 11.5 Å². The second-order valence-electron chi connectivity index (χ2n) is 3.86. The number of nitrogens with zero attached hydrogens (tertiary/aromatic N) is 1. The Balaban J connectivity index is 2.09. The number of ether oxygens (including phenoxy) is 2. The van der Waals surface area contributed by atoms with Crippen LogP contribution in [0.15, 0.2) is 18.2 Å². The molecule has 6 nitrogen and oxygen atoms in total. The first-order chi connectivity index (χ1) is 8.08. The van der Waals surface area contributed by atoms with Crippen molar-refractivity contribution >= 4 is 11.7 Å². The van der Waals surface area contributed by atoms with Crippen LogP contribution in [-0.2, 0) is 4.79 Å². The molecule has 0 saturated carbocycles. The second kappa shape index (κ2) is 4.50. The SMILES string of the molecule is CN(CC(N)C(=O)O)c1ccc2c(c1)OCO2. The first-order valence-corrected chi connectivity index (χ1v) is 5.17. The molecule has 1 atom stereocenters. The van der Waals surface area contributed by atoms with Gasteiger partial charge in [0.05, 0.1) is 0 Å². The highest BCUT2D eigenvalue weighted by Crippen LogP contribution is 2.35. The molecule has 0 aliphatic carbocycles. The fourth-order valence-electron chi connectivity index (χ4n) is 1.60. The fourth-order valence-corrected chi connectivity index (χ4v) is 1.60. The predicted molar refractivity (Wildman–Crippen MR) is 61.4 cm³/mol. The molecule has 0 spiro atoms. The molecule has 0 bridgehead atoms. The van der Waals surface area contributed by atoms with Crippen LogP contribution in [0.25, 0.3) is 0 Å². The monoisotopic (exact) mass is 238 g/mol. The number of likely N-dealkylation sites (N-methyl/N-ethyl adjacent to an activating group) is 1. The smallest absolute Gasteiger partial charge is 0.322 e. The van der Waals surface area contributed by atoms with Crippen molar-refractivity contribution < 1.29 is 19.4 Å². The maximum atomic E-state index is 10.7. The van der Waals surface area contributed by atoms with Crippen molar-refractivity contribution in [1.82, 2.24) is 0 Å². The zero-order valence-corrected chi connectivity index (χ0v) is 9.42. The third-order valence-electron chi connectivity index (χ3n) is 2.58. The third-order valence-corrected chi connectivity index (χ3v) is 2.58. The van der Waals surface area contributed by atoms with Crippen molar-refractivity contribution in [1.29, 1.82) is 0 Å². The highest BCUT2D eigenvalue weighted by molar-refractivity contribution is 5.74. The second-order valence-corrected chi connectivity index (χ2v) is 3.86. The lowest BCUT2D eigenvalue weighted by Crippen LogP contribution is -2.41. The summed E-state index contributed by atoms with van der Waals surface area (Å²) in [7, 11) is 1.78. The summed E-state index contributed by atoms with van der Waals surface area (Å²) in [5, 5.41) is 8.74. The standard InChI is InChI=1S/C11H14N2O4/c1-13(5-8(12)11(14)15)7-2-3-9-10(4-7)17-6-16-9/h2-4,8H,5-6,12H2,1H3,(H,14,15). The van der Waals surface area contributed by atoms with Gasteiger partial charge >= 0.3 is 5.97 Å². The number of hydrogen-bond acceptors (Lipinski definition) is 5. The highest BCUT2D eigenvalue weighted by atomic mass is 16.7. The summed E-state index contributed by atoms with van der Waals surface area (Å²) < 4.78 is 10.4. The molecule has 0 aromatic heterocycles. The van der Waals surface area contributed by atoms with Crippen LogP contribution in [0.5, 0.6) is 11.5 Å². The van der Waals surface area contributed by atoms with E-state index in [1.807, 2.05) is 6.07 Å². The molecule has 0 fully saturated rings. The Morgan fingerprint density at radius 2 is 2.24 bits per heavy atom. The van der Waals surface area contributed by atoms with Crippen LogP contribution >= 0.6 is 0 Å². The molecule has 0 radical (unpaired) electrons. The molecule has 1 aliphatic rings. The van der Waals surface area contributed by atoms with Crippen LogP contribution in [0.2, 0.25) is 0 Å². The fraction of sp³-hybridized carbons (Fsp3) is 0.364. The van der Waals surface area contributed by atoms with Gasteiger partial charge in [0.1, 0.15) is 6.04 Å². The van der Waals surface area contributed by atoms with Crippen molar-refractivity contribution in [2.75, 3.05) is 25.3 Å². The number of hydrogen-bond donors (Lipinski definition) is 2. The van der Waals surface area contributed by atoms with E-state index in [0.717, 1.165) is 5.69 Å². The van der Waals surface area contributed by atoms with Gasteiger partial charge in [0.2, 0.25) is 6.79 Å². The van der Waals surface area contributed by atoms with Gasteiger partial charge in [-0.25, -0.2) is 0 Å². The summed E-state index contributed by atoms with van der Waals surface area (Å²) in [6.45, 7) is 0.451. The molecule has 1 aliphatic heterocycles. The van der Waals surface area contributed by atoms with Crippen LogP contribution in [0, 0.1) is 0 Å². The van der Waals surface area contributed by atoms with Crippen LogP contribution in [0.3, 0.4) is 0 Å². The lowest BCUT2D eigenvalue weighted by atomic mass is 10.2. The van der Waals surface area contributed by atoms with Crippen molar-refractivity contribution in [3.05, 3.63) is 18.2 Å². The molecule has 3 N–H and O–H groups in total. The molecular weight excluding hydrogens is 224 g/mol. The van der Waals surface area contributed by atoms with Gasteiger partial charge in [0, 0.05) is 25.3 Å². The van der Waals surface area contributed by atoms with E-state index in [4.69, 9.17) is 20.3 Å². The molecule has 6 heteroatoms. The van der Waals surface area contributed by atoms with E-state index in [9.17, 15) is 4.79 Å².